The molecule has 3 nitrogen and oxygen atoms in total. The fraction of sp³-hybridized carbons (Fsp3) is 0.400. The summed E-state index contributed by atoms with van der Waals surface area (Å²) < 4.78 is 14.1. The molecular formula is C15H18ClFN2O. The van der Waals surface area contributed by atoms with Gasteiger partial charge in [0.1, 0.15) is 5.82 Å². The summed E-state index contributed by atoms with van der Waals surface area (Å²) in [6.45, 7) is 5.52. The Hall–Kier alpha value is -1.39. The molecule has 0 spiro atoms. The van der Waals surface area contributed by atoms with E-state index >= 15 is 0 Å². The summed E-state index contributed by atoms with van der Waals surface area (Å²) in [4.78, 5) is 13.5. The highest BCUT2D eigenvalue weighted by Crippen LogP contribution is 2.31. The Kier molecular flexibility index (Phi) is 5.15. The van der Waals surface area contributed by atoms with Gasteiger partial charge >= 0.3 is 0 Å². The van der Waals surface area contributed by atoms with Crippen LogP contribution in [0, 0.1) is 5.82 Å². The molecule has 0 bridgehead atoms. The molecule has 0 saturated carbocycles. The van der Waals surface area contributed by atoms with Gasteiger partial charge in [-0.05, 0) is 44.1 Å². The molecule has 0 aromatic heterocycles. The summed E-state index contributed by atoms with van der Waals surface area (Å²) in [6, 6.07) is 4.43. The van der Waals surface area contributed by atoms with Gasteiger partial charge in [0, 0.05) is 17.1 Å². The summed E-state index contributed by atoms with van der Waals surface area (Å²) in [5.41, 5.74) is 0.459. The Balaban J connectivity index is 2.25. The van der Waals surface area contributed by atoms with E-state index in [1.807, 2.05) is 0 Å². The van der Waals surface area contributed by atoms with Crippen LogP contribution in [0.5, 0.6) is 0 Å². The minimum atomic E-state index is -0.331. The Labute approximate surface area is 123 Å². The van der Waals surface area contributed by atoms with Crippen LogP contribution in [0.2, 0.25) is 5.02 Å². The molecular weight excluding hydrogens is 279 g/mol. The topological polar surface area (TPSA) is 32.3 Å². The van der Waals surface area contributed by atoms with E-state index in [1.54, 1.807) is 12.1 Å². The van der Waals surface area contributed by atoms with Gasteiger partial charge in [-0.3, -0.25) is 9.69 Å². The van der Waals surface area contributed by atoms with Crippen LogP contribution in [-0.4, -0.2) is 30.4 Å². The summed E-state index contributed by atoms with van der Waals surface area (Å²) >= 11 is 6.15. The van der Waals surface area contributed by atoms with Crippen LogP contribution >= 0.6 is 11.6 Å². The van der Waals surface area contributed by atoms with Crippen molar-refractivity contribution in [3.63, 3.8) is 0 Å². The molecule has 108 valence electrons. The smallest absolute Gasteiger partial charge is 0.243 e. The van der Waals surface area contributed by atoms with Gasteiger partial charge in [-0.1, -0.05) is 24.2 Å². The number of carbonyl (C=O) groups is 1. The molecule has 2 rings (SSSR count). The van der Waals surface area contributed by atoms with Crippen LogP contribution < -0.4 is 5.32 Å². The third-order valence-corrected chi connectivity index (χ3v) is 3.90. The van der Waals surface area contributed by atoms with Gasteiger partial charge in [0.05, 0.1) is 6.04 Å². The zero-order valence-electron chi connectivity index (χ0n) is 11.2. The maximum absolute atomic E-state index is 14.1. The van der Waals surface area contributed by atoms with Gasteiger partial charge in [0.25, 0.3) is 0 Å². The third kappa shape index (κ3) is 3.38. The first kappa shape index (κ1) is 15.0. The monoisotopic (exact) mass is 296 g/mol. The number of nitrogens with one attached hydrogen (secondary N) is 1. The van der Waals surface area contributed by atoms with Crippen molar-refractivity contribution >= 4 is 17.5 Å². The Morgan fingerprint density at radius 3 is 2.80 bits per heavy atom. The number of hydrogen-bond donors (Lipinski definition) is 1. The van der Waals surface area contributed by atoms with E-state index in [0.717, 1.165) is 25.9 Å². The van der Waals surface area contributed by atoms with Crippen LogP contribution in [0.4, 0.5) is 4.39 Å². The third-order valence-electron chi connectivity index (χ3n) is 3.57. The van der Waals surface area contributed by atoms with Gasteiger partial charge in [0.15, 0.2) is 0 Å². The van der Waals surface area contributed by atoms with E-state index in [-0.39, 0.29) is 17.8 Å². The molecule has 1 N–H and O–H groups in total. The number of benzene rings is 1. The predicted octanol–water partition coefficient (Wildman–Crippen LogP) is 2.92. The number of hydrogen-bond acceptors (Lipinski definition) is 2. The highest BCUT2D eigenvalue weighted by Gasteiger charge is 2.27. The fourth-order valence-corrected chi connectivity index (χ4v) is 2.85. The molecule has 0 aliphatic carbocycles. The molecule has 1 aromatic rings. The molecule has 1 amide bonds. The quantitative estimate of drug-likeness (QED) is 0.847. The summed E-state index contributed by atoms with van der Waals surface area (Å²) in [7, 11) is 0. The van der Waals surface area contributed by atoms with E-state index in [0.29, 0.717) is 17.1 Å². The number of nitrogens with zero attached hydrogens (tertiary/aromatic N) is 1. The number of halogens is 2. The zero-order chi connectivity index (χ0) is 14.5. The first-order valence-corrected chi connectivity index (χ1v) is 7.09. The first-order chi connectivity index (χ1) is 9.63. The maximum Gasteiger partial charge on any atom is 0.243 e. The molecule has 1 aliphatic heterocycles. The lowest BCUT2D eigenvalue weighted by atomic mass is 10.0. The van der Waals surface area contributed by atoms with Crippen molar-refractivity contribution in [1.82, 2.24) is 10.2 Å². The molecule has 1 heterocycles. The van der Waals surface area contributed by atoms with Crippen molar-refractivity contribution in [2.24, 2.45) is 0 Å². The Bertz CT molecular complexity index is 480. The van der Waals surface area contributed by atoms with Crippen LogP contribution in [0.15, 0.2) is 30.9 Å². The summed E-state index contributed by atoms with van der Waals surface area (Å²) in [6.07, 6.45) is 3.37. The standard InChI is InChI=1S/C15H18ClFN2O/c1-2-14(20)18-10-13(19-8-3-4-9-19)15-11(16)6-5-7-12(15)17/h2,5-7,13H,1,3-4,8-10H2,(H,18,20). The Morgan fingerprint density at radius 1 is 1.50 bits per heavy atom. The minimum absolute atomic E-state index is 0.241. The molecule has 1 fully saturated rings. The predicted molar refractivity (Wildman–Crippen MR) is 78.2 cm³/mol. The first-order valence-electron chi connectivity index (χ1n) is 6.71. The van der Waals surface area contributed by atoms with Crippen molar-refractivity contribution < 1.29 is 9.18 Å². The molecule has 1 atom stereocenters. The second kappa shape index (κ2) is 6.86. The molecule has 1 aliphatic rings. The van der Waals surface area contributed by atoms with E-state index in [4.69, 9.17) is 11.6 Å². The van der Waals surface area contributed by atoms with Crippen molar-refractivity contribution in [3.05, 3.63) is 47.3 Å². The number of amides is 1. The molecule has 1 saturated heterocycles. The van der Waals surface area contributed by atoms with Gasteiger partial charge in [-0.25, -0.2) is 4.39 Å². The van der Waals surface area contributed by atoms with E-state index in [2.05, 4.69) is 16.8 Å². The van der Waals surface area contributed by atoms with Gasteiger partial charge in [-0.2, -0.15) is 0 Å². The number of likely N-dealkylation sites (tertiary alicyclic amines) is 1. The number of rotatable bonds is 5. The number of carbonyl (C=O) groups excluding carboxylic acids is 1. The molecule has 0 radical (unpaired) electrons. The van der Waals surface area contributed by atoms with Crippen LogP contribution in [0.1, 0.15) is 24.4 Å². The van der Waals surface area contributed by atoms with Crippen LogP contribution in [-0.2, 0) is 4.79 Å². The summed E-state index contributed by atoms with van der Waals surface area (Å²) in [5.74, 6) is -0.594. The minimum Gasteiger partial charge on any atom is -0.351 e. The normalized spacial score (nSPS) is 16.9. The Morgan fingerprint density at radius 2 is 2.20 bits per heavy atom. The largest absolute Gasteiger partial charge is 0.351 e. The molecule has 5 heteroatoms. The van der Waals surface area contributed by atoms with Crippen molar-refractivity contribution in [1.29, 1.82) is 0 Å². The maximum atomic E-state index is 14.1. The van der Waals surface area contributed by atoms with Crippen LogP contribution in [0.25, 0.3) is 0 Å². The second-order valence-electron chi connectivity index (χ2n) is 4.84. The van der Waals surface area contributed by atoms with E-state index < -0.39 is 0 Å². The highest BCUT2D eigenvalue weighted by molar-refractivity contribution is 6.31. The lowest BCUT2D eigenvalue weighted by molar-refractivity contribution is -0.116. The highest BCUT2D eigenvalue weighted by atomic mass is 35.5. The molecule has 20 heavy (non-hydrogen) atoms. The molecule has 1 aromatic carbocycles. The van der Waals surface area contributed by atoms with Crippen molar-refractivity contribution in [3.8, 4) is 0 Å². The van der Waals surface area contributed by atoms with E-state index in [9.17, 15) is 9.18 Å². The lowest BCUT2D eigenvalue weighted by Crippen LogP contribution is -2.36. The summed E-state index contributed by atoms with van der Waals surface area (Å²) in [5, 5.41) is 3.14. The lowest BCUT2D eigenvalue weighted by Gasteiger charge is -2.29. The van der Waals surface area contributed by atoms with Gasteiger partial charge < -0.3 is 5.32 Å². The fourth-order valence-electron chi connectivity index (χ4n) is 2.57. The van der Waals surface area contributed by atoms with Gasteiger partial charge in [0.2, 0.25) is 5.91 Å². The zero-order valence-corrected chi connectivity index (χ0v) is 12.0. The average molecular weight is 297 g/mol. The van der Waals surface area contributed by atoms with E-state index in [1.165, 1.54) is 12.1 Å². The SMILES string of the molecule is C=CC(=O)NCC(c1c(F)cccc1Cl)N1CCCC1. The van der Waals surface area contributed by atoms with Gasteiger partial charge in [-0.15, -0.1) is 0 Å². The molecule has 1 unspecified atom stereocenters. The average Bonchev–Trinajstić information content (AvgIpc) is 2.95. The van der Waals surface area contributed by atoms with Crippen molar-refractivity contribution in [2.45, 2.75) is 18.9 Å². The van der Waals surface area contributed by atoms with Crippen LogP contribution in [0.3, 0.4) is 0 Å². The second-order valence-corrected chi connectivity index (χ2v) is 5.25. The van der Waals surface area contributed by atoms with Crippen molar-refractivity contribution in [2.75, 3.05) is 19.6 Å².